The van der Waals surface area contributed by atoms with Crippen LogP contribution in [-0.2, 0) is 11.3 Å². The van der Waals surface area contributed by atoms with Crippen LogP contribution in [0.4, 0.5) is 5.69 Å². The fourth-order valence-electron chi connectivity index (χ4n) is 1.81. The van der Waals surface area contributed by atoms with Crippen LogP contribution in [0.3, 0.4) is 0 Å². The standard InChI is InChI=1S/C13H19N3O2/c1-9-13(17)16-11-7-10(3-4-12(11)18-9)8-15-6-5-14-2/h3-4,7,9,14-15H,5-6,8H2,1-2H3,(H,16,17). The molecule has 1 atom stereocenters. The maximum Gasteiger partial charge on any atom is 0.265 e. The number of ether oxygens (including phenoxy) is 1. The third-order valence-corrected chi connectivity index (χ3v) is 2.86. The van der Waals surface area contributed by atoms with Crippen molar-refractivity contribution in [2.75, 3.05) is 25.5 Å². The predicted molar refractivity (Wildman–Crippen MR) is 70.8 cm³/mol. The molecule has 0 bridgehead atoms. The minimum atomic E-state index is -0.419. The number of carbonyl (C=O) groups is 1. The van der Waals surface area contributed by atoms with Gasteiger partial charge in [0.05, 0.1) is 5.69 Å². The first-order chi connectivity index (χ1) is 8.70. The van der Waals surface area contributed by atoms with Crippen molar-refractivity contribution < 1.29 is 9.53 Å². The zero-order chi connectivity index (χ0) is 13.0. The van der Waals surface area contributed by atoms with Gasteiger partial charge < -0.3 is 20.7 Å². The molecule has 0 spiro atoms. The molecule has 0 fully saturated rings. The molecule has 2 rings (SSSR count). The number of hydrogen-bond donors (Lipinski definition) is 3. The second kappa shape index (κ2) is 5.84. The van der Waals surface area contributed by atoms with Gasteiger partial charge in [0.15, 0.2) is 6.10 Å². The average molecular weight is 249 g/mol. The number of anilines is 1. The van der Waals surface area contributed by atoms with Gasteiger partial charge in [0, 0.05) is 19.6 Å². The maximum absolute atomic E-state index is 11.5. The molecule has 0 aliphatic carbocycles. The van der Waals surface area contributed by atoms with Crippen LogP contribution in [0.2, 0.25) is 0 Å². The number of likely N-dealkylation sites (N-methyl/N-ethyl adjacent to an activating group) is 1. The zero-order valence-corrected chi connectivity index (χ0v) is 10.7. The summed E-state index contributed by atoms with van der Waals surface area (Å²) in [5.41, 5.74) is 1.88. The van der Waals surface area contributed by atoms with Crippen LogP contribution >= 0.6 is 0 Å². The van der Waals surface area contributed by atoms with E-state index < -0.39 is 6.10 Å². The van der Waals surface area contributed by atoms with E-state index in [-0.39, 0.29) is 5.91 Å². The van der Waals surface area contributed by atoms with Gasteiger partial charge in [0.1, 0.15) is 5.75 Å². The first kappa shape index (κ1) is 12.9. The van der Waals surface area contributed by atoms with Gasteiger partial charge in [0.25, 0.3) is 5.91 Å². The Kier molecular flexibility index (Phi) is 4.17. The van der Waals surface area contributed by atoms with Crippen molar-refractivity contribution >= 4 is 11.6 Å². The summed E-state index contributed by atoms with van der Waals surface area (Å²) in [6.07, 6.45) is -0.419. The van der Waals surface area contributed by atoms with Crippen molar-refractivity contribution in [3.05, 3.63) is 23.8 Å². The molecule has 0 aromatic heterocycles. The zero-order valence-electron chi connectivity index (χ0n) is 10.7. The third kappa shape index (κ3) is 3.00. The molecule has 98 valence electrons. The van der Waals surface area contributed by atoms with Crippen molar-refractivity contribution in [2.45, 2.75) is 19.6 Å². The number of benzene rings is 1. The molecule has 1 aromatic carbocycles. The fraction of sp³-hybridized carbons (Fsp3) is 0.462. The molecule has 3 N–H and O–H groups in total. The summed E-state index contributed by atoms with van der Waals surface area (Å²) in [5, 5.41) is 9.24. The van der Waals surface area contributed by atoms with Crippen LogP contribution in [0.15, 0.2) is 18.2 Å². The monoisotopic (exact) mass is 249 g/mol. The van der Waals surface area contributed by atoms with E-state index in [2.05, 4.69) is 16.0 Å². The van der Waals surface area contributed by atoms with Gasteiger partial charge in [-0.1, -0.05) is 6.07 Å². The van der Waals surface area contributed by atoms with Crippen molar-refractivity contribution in [3.8, 4) is 5.75 Å². The van der Waals surface area contributed by atoms with Crippen LogP contribution in [0, 0.1) is 0 Å². The highest BCUT2D eigenvalue weighted by molar-refractivity contribution is 5.97. The summed E-state index contributed by atoms with van der Waals surface area (Å²) in [5.74, 6) is 0.642. The highest BCUT2D eigenvalue weighted by atomic mass is 16.5. The van der Waals surface area contributed by atoms with Gasteiger partial charge in [-0.2, -0.15) is 0 Å². The highest BCUT2D eigenvalue weighted by Gasteiger charge is 2.23. The Balaban J connectivity index is 1.99. The largest absolute Gasteiger partial charge is 0.479 e. The van der Waals surface area contributed by atoms with Crippen LogP contribution in [0.25, 0.3) is 0 Å². The van der Waals surface area contributed by atoms with Crippen LogP contribution in [0.1, 0.15) is 12.5 Å². The van der Waals surface area contributed by atoms with Gasteiger partial charge in [-0.25, -0.2) is 0 Å². The first-order valence-corrected chi connectivity index (χ1v) is 6.16. The van der Waals surface area contributed by atoms with Crippen LogP contribution in [-0.4, -0.2) is 32.1 Å². The Hall–Kier alpha value is -1.59. The number of rotatable bonds is 5. The lowest BCUT2D eigenvalue weighted by Crippen LogP contribution is -2.34. The van der Waals surface area contributed by atoms with E-state index in [4.69, 9.17) is 4.74 Å². The third-order valence-electron chi connectivity index (χ3n) is 2.86. The minimum absolute atomic E-state index is 0.0946. The summed E-state index contributed by atoms with van der Waals surface area (Å²) >= 11 is 0. The number of fused-ring (bicyclic) bond motifs is 1. The Morgan fingerprint density at radius 2 is 2.22 bits per heavy atom. The summed E-state index contributed by atoms with van der Waals surface area (Å²) in [4.78, 5) is 11.5. The quantitative estimate of drug-likeness (QED) is 0.673. The molecular formula is C13H19N3O2. The van der Waals surface area contributed by atoms with E-state index in [9.17, 15) is 4.79 Å². The van der Waals surface area contributed by atoms with E-state index in [0.29, 0.717) is 0 Å². The fourth-order valence-corrected chi connectivity index (χ4v) is 1.81. The van der Waals surface area contributed by atoms with Crippen LogP contribution in [0.5, 0.6) is 5.75 Å². The lowest BCUT2D eigenvalue weighted by molar-refractivity contribution is -0.122. The predicted octanol–water partition coefficient (Wildman–Crippen LogP) is 0.715. The maximum atomic E-state index is 11.5. The Bertz CT molecular complexity index is 434. The normalized spacial score (nSPS) is 17.9. The van der Waals surface area contributed by atoms with E-state index >= 15 is 0 Å². The van der Waals surface area contributed by atoms with E-state index in [0.717, 1.165) is 36.6 Å². The molecule has 1 heterocycles. The highest BCUT2D eigenvalue weighted by Crippen LogP contribution is 2.30. The lowest BCUT2D eigenvalue weighted by Gasteiger charge is -2.23. The summed E-state index contributed by atoms with van der Waals surface area (Å²) in [6, 6.07) is 5.86. The van der Waals surface area contributed by atoms with Gasteiger partial charge in [0.2, 0.25) is 0 Å². The van der Waals surface area contributed by atoms with Crippen molar-refractivity contribution in [2.24, 2.45) is 0 Å². The molecule has 0 saturated heterocycles. The van der Waals surface area contributed by atoms with E-state index in [1.807, 2.05) is 25.2 Å². The Morgan fingerprint density at radius 3 is 3.00 bits per heavy atom. The van der Waals surface area contributed by atoms with Gasteiger partial charge >= 0.3 is 0 Å². The molecule has 0 saturated carbocycles. The topological polar surface area (TPSA) is 62.4 Å². The summed E-state index contributed by atoms with van der Waals surface area (Å²) in [7, 11) is 1.93. The SMILES string of the molecule is CNCCNCc1ccc2c(c1)NC(=O)C(C)O2. The van der Waals surface area contributed by atoms with Gasteiger partial charge in [-0.15, -0.1) is 0 Å². The number of carbonyl (C=O) groups excluding carboxylic acids is 1. The lowest BCUT2D eigenvalue weighted by atomic mass is 10.1. The van der Waals surface area contributed by atoms with E-state index in [1.165, 1.54) is 0 Å². The van der Waals surface area contributed by atoms with Gasteiger partial charge in [-0.05, 0) is 31.7 Å². The molecule has 5 nitrogen and oxygen atoms in total. The second-order valence-corrected chi connectivity index (χ2v) is 4.36. The summed E-state index contributed by atoms with van der Waals surface area (Å²) < 4.78 is 5.50. The molecule has 5 heteroatoms. The van der Waals surface area contributed by atoms with Gasteiger partial charge in [-0.3, -0.25) is 4.79 Å². The number of nitrogens with one attached hydrogen (secondary N) is 3. The summed E-state index contributed by atoms with van der Waals surface area (Å²) in [6.45, 7) is 4.36. The Labute approximate surface area is 107 Å². The number of hydrogen-bond acceptors (Lipinski definition) is 4. The van der Waals surface area contributed by atoms with Crippen molar-refractivity contribution in [1.82, 2.24) is 10.6 Å². The van der Waals surface area contributed by atoms with Crippen LogP contribution < -0.4 is 20.7 Å². The molecular weight excluding hydrogens is 230 g/mol. The number of amides is 1. The molecule has 18 heavy (non-hydrogen) atoms. The first-order valence-electron chi connectivity index (χ1n) is 6.16. The Morgan fingerprint density at radius 1 is 1.39 bits per heavy atom. The molecule has 0 radical (unpaired) electrons. The van der Waals surface area contributed by atoms with Crippen molar-refractivity contribution in [1.29, 1.82) is 0 Å². The van der Waals surface area contributed by atoms with E-state index in [1.54, 1.807) is 6.92 Å². The molecule has 1 amide bonds. The minimum Gasteiger partial charge on any atom is -0.479 e. The molecule has 1 unspecified atom stereocenters. The molecule has 1 aromatic rings. The smallest absolute Gasteiger partial charge is 0.265 e. The molecule has 1 aliphatic heterocycles. The average Bonchev–Trinajstić information content (AvgIpc) is 2.36. The van der Waals surface area contributed by atoms with Crippen molar-refractivity contribution in [3.63, 3.8) is 0 Å². The second-order valence-electron chi connectivity index (χ2n) is 4.36. The molecule has 1 aliphatic rings.